The number of hydrogen-bond acceptors (Lipinski definition) is 1. The van der Waals surface area contributed by atoms with E-state index in [9.17, 15) is 4.39 Å². The zero-order valence-corrected chi connectivity index (χ0v) is 7.94. The lowest BCUT2D eigenvalue weighted by molar-refractivity contribution is 0.627. The molecule has 3 heteroatoms. The zero-order valence-electron chi connectivity index (χ0n) is 7.94. The van der Waals surface area contributed by atoms with Gasteiger partial charge < -0.3 is 0 Å². The van der Waals surface area contributed by atoms with Crippen LogP contribution in [0.4, 0.5) is 4.39 Å². The first kappa shape index (κ1) is 8.94. The van der Waals surface area contributed by atoms with Crippen molar-refractivity contribution in [3.63, 3.8) is 0 Å². The predicted octanol–water partition coefficient (Wildman–Crippen LogP) is 2.57. The van der Waals surface area contributed by atoms with Gasteiger partial charge in [0.1, 0.15) is 0 Å². The zero-order chi connectivity index (χ0) is 9.97. The molecule has 1 heterocycles. The van der Waals surface area contributed by atoms with Crippen molar-refractivity contribution in [2.45, 2.75) is 13.3 Å². The van der Waals surface area contributed by atoms with Gasteiger partial charge in [-0.15, -0.1) is 0 Å². The highest BCUT2D eigenvalue weighted by atomic mass is 19.1. The van der Waals surface area contributed by atoms with Gasteiger partial charge in [-0.3, -0.25) is 0 Å². The van der Waals surface area contributed by atoms with E-state index in [0.717, 1.165) is 12.1 Å². The van der Waals surface area contributed by atoms with Crippen LogP contribution in [0.2, 0.25) is 0 Å². The summed E-state index contributed by atoms with van der Waals surface area (Å²) in [6.07, 6.45) is 3.57. The average Bonchev–Trinajstić information content (AvgIpc) is 2.65. The van der Waals surface area contributed by atoms with Crippen LogP contribution in [0, 0.1) is 5.82 Å². The highest BCUT2D eigenvalue weighted by molar-refractivity contribution is 5.33. The Morgan fingerprint density at radius 2 is 2.00 bits per heavy atom. The van der Waals surface area contributed by atoms with E-state index in [2.05, 4.69) is 12.0 Å². The summed E-state index contributed by atoms with van der Waals surface area (Å²) in [5.74, 6) is -0.315. The van der Waals surface area contributed by atoms with Crippen LogP contribution in [0.15, 0.2) is 36.7 Å². The quantitative estimate of drug-likeness (QED) is 0.711. The smallest absolute Gasteiger partial charge is 0.161 e. The van der Waals surface area contributed by atoms with Gasteiger partial charge in [-0.2, -0.15) is 5.10 Å². The number of rotatable bonds is 2. The van der Waals surface area contributed by atoms with Gasteiger partial charge in [0.2, 0.25) is 0 Å². The van der Waals surface area contributed by atoms with E-state index in [4.69, 9.17) is 0 Å². The molecule has 0 aliphatic heterocycles. The fourth-order valence-corrected chi connectivity index (χ4v) is 1.33. The largest absolute Gasteiger partial charge is 0.238 e. The molecule has 14 heavy (non-hydrogen) atoms. The highest BCUT2D eigenvalue weighted by Gasteiger charge is 1.99. The van der Waals surface area contributed by atoms with E-state index < -0.39 is 0 Å². The van der Waals surface area contributed by atoms with Gasteiger partial charge in [0.15, 0.2) is 5.82 Å². The summed E-state index contributed by atoms with van der Waals surface area (Å²) in [4.78, 5) is 0. The van der Waals surface area contributed by atoms with Crippen molar-refractivity contribution in [2.24, 2.45) is 0 Å². The fraction of sp³-hybridized carbons (Fsp3) is 0.182. The highest BCUT2D eigenvalue weighted by Crippen LogP contribution is 2.09. The molecule has 2 nitrogen and oxygen atoms in total. The lowest BCUT2D eigenvalue weighted by Crippen LogP contribution is -1.93. The third kappa shape index (κ3) is 1.66. The lowest BCUT2D eigenvalue weighted by Gasteiger charge is -2.01. The summed E-state index contributed by atoms with van der Waals surface area (Å²) >= 11 is 0. The van der Waals surface area contributed by atoms with Crippen LogP contribution in [0.5, 0.6) is 0 Å². The molecule has 0 saturated heterocycles. The molecular weight excluding hydrogens is 179 g/mol. The number of benzene rings is 1. The third-order valence-corrected chi connectivity index (χ3v) is 2.16. The standard InChI is InChI=1S/C11H11FN2/c1-2-9-3-5-11(6-4-9)14-8-10(12)7-13-14/h3-8H,2H2,1H3. The van der Waals surface area contributed by atoms with Gasteiger partial charge in [-0.1, -0.05) is 19.1 Å². The minimum absolute atomic E-state index is 0.315. The lowest BCUT2D eigenvalue weighted by atomic mass is 10.1. The van der Waals surface area contributed by atoms with Crippen molar-refractivity contribution in [1.29, 1.82) is 0 Å². The summed E-state index contributed by atoms with van der Waals surface area (Å²) in [5.41, 5.74) is 2.15. The van der Waals surface area contributed by atoms with Crippen molar-refractivity contribution in [3.05, 3.63) is 48.0 Å². The minimum atomic E-state index is -0.315. The first-order valence-electron chi connectivity index (χ1n) is 4.59. The van der Waals surface area contributed by atoms with Crippen molar-refractivity contribution in [3.8, 4) is 5.69 Å². The summed E-state index contributed by atoms with van der Waals surface area (Å²) in [6.45, 7) is 2.10. The number of hydrogen-bond donors (Lipinski definition) is 0. The van der Waals surface area contributed by atoms with Crippen LogP contribution in [0.1, 0.15) is 12.5 Å². The van der Waals surface area contributed by atoms with Crippen LogP contribution in [-0.4, -0.2) is 9.78 Å². The average molecular weight is 190 g/mol. The van der Waals surface area contributed by atoms with E-state index in [1.807, 2.05) is 24.3 Å². The number of halogens is 1. The molecule has 0 unspecified atom stereocenters. The van der Waals surface area contributed by atoms with Crippen molar-refractivity contribution in [2.75, 3.05) is 0 Å². The first-order chi connectivity index (χ1) is 6.79. The molecule has 1 aromatic carbocycles. The topological polar surface area (TPSA) is 17.8 Å². The maximum atomic E-state index is 12.7. The van der Waals surface area contributed by atoms with E-state index in [0.29, 0.717) is 0 Å². The Morgan fingerprint density at radius 3 is 2.50 bits per heavy atom. The number of nitrogens with zero attached hydrogens (tertiary/aromatic N) is 2. The van der Waals surface area contributed by atoms with Crippen molar-refractivity contribution in [1.82, 2.24) is 9.78 Å². The predicted molar refractivity (Wildman–Crippen MR) is 52.9 cm³/mol. The van der Waals surface area contributed by atoms with Crippen LogP contribution in [0.25, 0.3) is 5.69 Å². The van der Waals surface area contributed by atoms with Crippen LogP contribution < -0.4 is 0 Å². The van der Waals surface area contributed by atoms with E-state index in [1.165, 1.54) is 22.6 Å². The van der Waals surface area contributed by atoms with E-state index in [-0.39, 0.29) is 5.82 Å². The SMILES string of the molecule is CCc1ccc(-n2cc(F)cn2)cc1. The second kappa shape index (κ2) is 3.62. The molecule has 0 radical (unpaired) electrons. The Kier molecular flexibility index (Phi) is 2.31. The van der Waals surface area contributed by atoms with E-state index >= 15 is 0 Å². The molecule has 0 bridgehead atoms. The first-order valence-corrected chi connectivity index (χ1v) is 4.59. The van der Waals surface area contributed by atoms with Gasteiger partial charge in [0.25, 0.3) is 0 Å². The Balaban J connectivity index is 2.33. The molecule has 0 fully saturated rings. The minimum Gasteiger partial charge on any atom is -0.238 e. The molecule has 0 aliphatic carbocycles. The molecule has 0 spiro atoms. The molecule has 2 rings (SSSR count). The molecular formula is C11H11FN2. The molecule has 72 valence electrons. The maximum Gasteiger partial charge on any atom is 0.161 e. The number of aromatic nitrogens is 2. The van der Waals surface area contributed by atoms with Crippen LogP contribution >= 0.6 is 0 Å². The third-order valence-electron chi connectivity index (χ3n) is 2.16. The van der Waals surface area contributed by atoms with Crippen LogP contribution in [-0.2, 0) is 6.42 Å². The van der Waals surface area contributed by atoms with Gasteiger partial charge in [-0.05, 0) is 24.1 Å². The van der Waals surface area contributed by atoms with Crippen LogP contribution in [0.3, 0.4) is 0 Å². The molecule has 0 aliphatic rings. The Bertz CT molecular complexity index is 417. The summed E-state index contributed by atoms with van der Waals surface area (Å²) in [5, 5.41) is 3.88. The summed E-state index contributed by atoms with van der Waals surface area (Å²) < 4.78 is 14.2. The molecule has 0 saturated carbocycles. The Labute approximate surface area is 82.0 Å². The monoisotopic (exact) mass is 190 g/mol. The Hall–Kier alpha value is -1.64. The van der Waals surface area contributed by atoms with Crippen molar-refractivity contribution < 1.29 is 4.39 Å². The number of aryl methyl sites for hydroxylation is 1. The van der Waals surface area contributed by atoms with E-state index in [1.54, 1.807) is 0 Å². The summed E-state index contributed by atoms with van der Waals surface area (Å²) in [7, 11) is 0. The normalized spacial score (nSPS) is 10.4. The Morgan fingerprint density at radius 1 is 1.29 bits per heavy atom. The maximum absolute atomic E-state index is 12.7. The second-order valence-electron chi connectivity index (χ2n) is 3.12. The molecule has 0 N–H and O–H groups in total. The second-order valence-corrected chi connectivity index (χ2v) is 3.12. The fourth-order valence-electron chi connectivity index (χ4n) is 1.33. The van der Waals surface area contributed by atoms with Gasteiger partial charge >= 0.3 is 0 Å². The van der Waals surface area contributed by atoms with Gasteiger partial charge in [0.05, 0.1) is 18.1 Å². The van der Waals surface area contributed by atoms with Gasteiger partial charge in [-0.25, -0.2) is 9.07 Å². The molecule has 1 aromatic heterocycles. The molecule has 0 amide bonds. The molecule has 2 aromatic rings. The van der Waals surface area contributed by atoms with Crippen molar-refractivity contribution >= 4 is 0 Å². The molecule has 0 atom stereocenters. The summed E-state index contributed by atoms with van der Waals surface area (Å²) in [6, 6.07) is 7.92. The van der Waals surface area contributed by atoms with Gasteiger partial charge in [0, 0.05) is 0 Å².